The lowest BCUT2D eigenvalue weighted by atomic mass is 9.92. The third-order valence-corrected chi connectivity index (χ3v) is 8.91. The summed E-state index contributed by atoms with van der Waals surface area (Å²) < 4.78 is 34.8. The molecule has 3 amide bonds. The second-order valence-electron chi connectivity index (χ2n) is 10.5. The number of halogens is 4. The summed E-state index contributed by atoms with van der Waals surface area (Å²) in [5, 5.41) is 5.47. The molecule has 1 aromatic heterocycles. The van der Waals surface area contributed by atoms with Crippen molar-refractivity contribution in [2.45, 2.75) is 38.6 Å². The number of hydrogen-bond acceptors (Lipinski definition) is 5. The number of nitrogens with zero attached hydrogens (tertiary/aromatic N) is 2. The number of fused-ring (bicyclic) bond motifs is 4. The summed E-state index contributed by atoms with van der Waals surface area (Å²) in [6.07, 6.45) is 4.22. The van der Waals surface area contributed by atoms with Crippen LogP contribution >= 0.6 is 34.2 Å². The molecule has 43 heavy (non-hydrogen) atoms. The number of hydrogen-bond donors (Lipinski definition) is 2. The third-order valence-electron chi connectivity index (χ3n) is 7.73. The number of nitrogens with one attached hydrogen (secondary N) is 2. The zero-order chi connectivity index (χ0) is 30.8. The number of benzene rings is 2. The second kappa shape index (κ2) is 13.0. The SMILES string of the molecule is COC(=O)Nc1cc2c(cc1I)-c1ccnc(c1)[C@@H](N1CCC(c3c(F)ccc(Cl)c3F)=CC1=O)CCC[C@@H](C)C(=O)N2. The Hall–Kier alpha value is -3.58. The second-order valence-corrected chi connectivity index (χ2v) is 12.0. The maximum atomic E-state index is 14.7. The first-order chi connectivity index (χ1) is 20.6. The van der Waals surface area contributed by atoms with E-state index in [9.17, 15) is 23.2 Å². The van der Waals surface area contributed by atoms with Crippen LogP contribution in [0.3, 0.4) is 0 Å². The number of amides is 3. The number of rotatable bonds is 3. The Morgan fingerprint density at radius 2 is 1.98 bits per heavy atom. The van der Waals surface area contributed by atoms with Gasteiger partial charge in [-0.3, -0.25) is 19.9 Å². The van der Waals surface area contributed by atoms with Crippen LogP contribution in [0.2, 0.25) is 5.02 Å². The summed E-state index contributed by atoms with van der Waals surface area (Å²) in [6.45, 7) is 2.06. The minimum absolute atomic E-state index is 0.176. The summed E-state index contributed by atoms with van der Waals surface area (Å²) >= 11 is 7.99. The average molecular weight is 721 g/mol. The minimum Gasteiger partial charge on any atom is -0.453 e. The molecule has 0 unspecified atom stereocenters. The van der Waals surface area contributed by atoms with Crippen molar-refractivity contribution in [1.82, 2.24) is 9.88 Å². The first-order valence-corrected chi connectivity index (χ1v) is 15.1. The van der Waals surface area contributed by atoms with Crippen molar-refractivity contribution < 1.29 is 27.9 Å². The fourth-order valence-electron chi connectivity index (χ4n) is 5.42. The molecule has 0 radical (unpaired) electrons. The van der Waals surface area contributed by atoms with Crippen LogP contribution in [-0.2, 0) is 14.3 Å². The molecular weight excluding hydrogens is 693 g/mol. The number of carbonyl (C=O) groups is 3. The Morgan fingerprint density at radius 3 is 2.72 bits per heavy atom. The molecule has 2 aliphatic rings. The van der Waals surface area contributed by atoms with Gasteiger partial charge < -0.3 is 15.0 Å². The Bertz CT molecular complexity index is 1650. The lowest BCUT2D eigenvalue weighted by Crippen LogP contribution is -2.38. The number of ether oxygens (including phenoxy) is 1. The molecule has 5 rings (SSSR count). The van der Waals surface area contributed by atoms with Crippen LogP contribution < -0.4 is 10.6 Å². The fourth-order valence-corrected chi connectivity index (χ4v) is 6.18. The van der Waals surface area contributed by atoms with Crippen LogP contribution in [0.15, 0.2) is 48.7 Å². The molecule has 8 nitrogen and oxygen atoms in total. The highest BCUT2D eigenvalue weighted by atomic mass is 127. The third kappa shape index (κ3) is 6.52. The number of methoxy groups -OCH3 is 1. The summed E-state index contributed by atoms with van der Waals surface area (Å²) in [7, 11) is 1.27. The molecular formula is C31H28ClF2IN4O4. The first kappa shape index (κ1) is 30.9. The summed E-state index contributed by atoms with van der Waals surface area (Å²) in [4.78, 5) is 44.9. The number of aromatic nitrogens is 1. The zero-order valence-electron chi connectivity index (χ0n) is 23.3. The Balaban J connectivity index is 1.55. The zero-order valence-corrected chi connectivity index (χ0v) is 26.3. The van der Waals surface area contributed by atoms with Crippen LogP contribution in [0.1, 0.15) is 49.9 Å². The highest BCUT2D eigenvalue weighted by Crippen LogP contribution is 2.39. The predicted octanol–water partition coefficient (Wildman–Crippen LogP) is 7.58. The van der Waals surface area contributed by atoms with E-state index in [-0.39, 0.29) is 46.9 Å². The normalized spacial score (nSPS) is 18.9. The molecule has 0 saturated heterocycles. The predicted molar refractivity (Wildman–Crippen MR) is 168 cm³/mol. The van der Waals surface area contributed by atoms with E-state index < -0.39 is 23.8 Å². The molecule has 3 heterocycles. The standard InChI is InChI=1S/C31H28ClF2IN4O4/c1-16-4-3-5-26(39-11-9-18(13-27(39)40)28-21(33)7-6-20(32)29(28)34)25-12-17(8-10-36-25)19-14-22(35)24(38-31(42)43-2)15-23(19)37-30(16)41/h6-8,10,12-16,26H,3-5,9,11H2,1-2H3,(H,37,41)(H,38,42)/t16-,26+/m1/s1. The van der Waals surface area contributed by atoms with Gasteiger partial charge in [0.15, 0.2) is 5.82 Å². The van der Waals surface area contributed by atoms with Gasteiger partial charge in [-0.1, -0.05) is 24.9 Å². The first-order valence-electron chi connectivity index (χ1n) is 13.7. The quantitative estimate of drug-likeness (QED) is 0.215. The van der Waals surface area contributed by atoms with E-state index in [1.807, 2.05) is 25.1 Å². The van der Waals surface area contributed by atoms with Crippen LogP contribution in [0.4, 0.5) is 25.0 Å². The highest BCUT2D eigenvalue weighted by molar-refractivity contribution is 14.1. The van der Waals surface area contributed by atoms with Crippen molar-refractivity contribution in [3.05, 3.63) is 80.2 Å². The van der Waals surface area contributed by atoms with Crippen molar-refractivity contribution in [2.24, 2.45) is 5.92 Å². The van der Waals surface area contributed by atoms with Crippen molar-refractivity contribution in [3.63, 3.8) is 0 Å². The van der Waals surface area contributed by atoms with E-state index >= 15 is 0 Å². The molecule has 3 aromatic rings. The molecule has 2 N–H and O–H groups in total. The highest BCUT2D eigenvalue weighted by Gasteiger charge is 2.31. The van der Waals surface area contributed by atoms with Gasteiger partial charge in [0.05, 0.1) is 40.8 Å². The molecule has 0 fully saturated rings. The maximum absolute atomic E-state index is 14.7. The summed E-state index contributed by atoms with van der Waals surface area (Å²) in [6, 6.07) is 9.03. The number of pyridine rings is 1. The summed E-state index contributed by atoms with van der Waals surface area (Å²) in [5.74, 6) is -2.57. The van der Waals surface area contributed by atoms with Gasteiger partial charge in [-0.05, 0) is 89.4 Å². The van der Waals surface area contributed by atoms with E-state index in [4.69, 9.17) is 16.3 Å². The Labute approximate surface area is 266 Å². The van der Waals surface area contributed by atoms with Crippen molar-refractivity contribution in [3.8, 4) is 11.1 Å². The molecule has 2 aromatic carbocycles. The van der Waals surface area contributed by atoms with E-state index in [1.165, 1.54) is 13.2 Å². The van der Waals surface area contributed by atoms with Crippen molar-refractivity contribution in [2.75, 3.05) is 24.3 Å². The Morgan fingerprint density at radius 1 is 1.19 bits per heavy atom. The van der Waals surface area contributed by atoms with Gasteiger partial charge in [0.1, 0.15) is 5.82 Å². The van der Waals surface area contributed by atoms with E-state index in [2.05, 4.69) is 38.2 Å². The molecule has 2 atom stereocenters. The molecule has 0 spiro atoms. The summed E-state index contributed by atoms with van der Waals surface area (Å²) in [5.41, 5.74) is 3.06. The van der Waals surface area contributed by atoms with Crippen molar-refractivity contribution in [1.29, 1.82) is 0 Å². The van der Waals surface area contributed by atoms with Crippen LogP contribution in [0, 0.1) is 21.1 Å². The minimum atomic E-state index is -0.889. The van der Waals surface area contributed by atoms with Gasteiger partial charge in [0.2, 0.25) is 11.8 Å². The van der Waals surface area contributed by atoms with Crippen LogP contribution in [0.25, 0.3) is 16.7 Å². The van der Waals surface area contributed by atoms with Gasteiger partial charge >= 0.3 is 6.09 Å². The number of carbonyl (C=O) groups excluding carboxylic acids is 3. The van der Waals surface area contributed by atoms with E-state index in [0.29, 0.717) is 41.9 Å². The van der Waals surface area contributed by atoms with Gasteiger partial charge in [0, 0.05) is 33.9 Å². The van der Waals surface area contributed by atoms with E-state index in [1.54, 1.807) is 17.2 Å². The average Bonchev–Trinajstić information content (AvgIpc) is 2.98. The van der Waals surface area contributed by atoms with Gasteiger partial charge in [-0.2, -0.15) is 0 Å². The molecule has 12 heteroatoms. The molecule has 0 saturated carbocycles. The Kier molecular flexibility index (Phi) is 9.30. The smallest absolute Gasteiger partial charge is 0.411 e. The maximum Gasteiger partial charge on any atom is 0.411 e. The molecule has 2 aliphatic heterocycles. The van der Waals surface area contributed by atoms with Crippen LogP contribution in [-0.4, -0.2) is 41.4 Å². The van der Waals surface area contributed by atoms with E-state index in [0.717, 1.165) is 21.3 Å². The molecule has 224 valence electrons. The molecule has 0 aliphatic carbocycles. The van der Waals surface area contributed by atoms with Gasteiger partial charge in [-0.25, -0.2) is 13.6 Å². The van der Waals surface area contributed by atoms with Crippen LogP contribution in [0.5, 0.6) is 0 Å². The monoisotopic (exact) mass is 720 g/mol. The van der Waals surface area contributed by atoms with Gasteiger partial charge in [-0.15, -0.1) is 0 Å². The fraction of sp³-hybridized carbons (Fsp3) is 0.290. The van der Waals surface area contributed by atoms with Crippen molar-refractivity contribution >= 4 is 69.0 Å². The molecule has 2 bridgehead atoms. The topological polar surface area (TPSA) is 101 Å². The number of anilines is 2. The lowest BCUT2D eigenvalue weighted by Gasteiger charge is -2.34. The largest absolute Gasteiger partial charge is 0.453 e. The van der Waals surface area contributed by atoms with Gasteiger partial charge in [0.25, 0.3) is 0 Å². The lowest BCUT2D eigenvalue weighted by molar-refractivity contribution is -0.129.